The lowest BCUT2D eigenvalue weighted by atomic mass is 10.2. The van der Waals surface area contributed by atoms with Gasteiger partial charge in [0.2, 0.25) is 0 Å². The average molecular weight is 324 g/mol. The summed E-state index contributed by atoms with van der Waals surface area (Å²) in [6.45, 7) is 7.38. The van der Waals surface area contributed by atoms with Crippen LogP contribution in [0.3, 0.4) is 0 Å². The maximum absolute atomic E-state index is 12.7. The number of hydrogen-bond acceptors (Lipinski definition) is 4. The van der Waals surface area contributed by atoms with Gasteiger partial charge in [0, 0.05) is 45.1 Å². The van der Waals surface area contributed by atoms with Gasteiger partial charge in [0.05, 0.1) is 11.3 Å². The summed E-state index contributed by atoms with van der Waals surface area (Å²) in [6.07, 6.45) is 3.41. The van der Waals surface area contributed by atoms with Crippen molar-refractivity contribution in [3.63, 3.8) is 0 Å². The number of aromatic nitrogens is 1. The van der Waals surface area contributed by atoms with Gasteiger partial charge >= 0.3 is 0 Å². The van der Waals surface area contributed by atoms with E-state index in [1.807, 2.05) is 29.2 Å². The lowest BCUT2D eigenvalue weighted by molar-refractivity contribution is 0.0643. The van der Waals surface area contributed by atoms with E-state index in [-0.39, 0.29) is 5.91 Å². The van der Waals surface area contributed by atoms with Crippen molar-refractivity contribution in [1.29, 1.82) is 0 Å². The first-order chi connectivity index (χ1) is 11.8. The molecule has 1 saturated heterocycles. The monoisotopic (exact) mass is 324 g/mol. The van der Waals surface area contributed by atoms with E-state index in [0.717, 1.165) is 45.0 Å². The summed E-state index contributed by atoms with van der Waals surface area (Å²) >= 11 is 0. The van der Waals surface area contributed by atoms with E-state index in [9.17, 15) is 4.79 Å². The van der Waals surface area contributed by atoms with Gasteiger partial charge in [-0.05, 0) is 18.2 Å². The minimum absolute atomic E-state index is 0.0709. The van der Waals surface area contributed by atoms with Crippen LogP contribution in [0.1, 0.15) is 22.8 Å². The average Bonchev–Trinajstić information content (AvgIpc) is 2.67. The Balaban J connectivity index is 1.61. The molecule has 2 heterocycles. The predicted octanol–water partition coefficient (Wildman–Crippen LogP) is 2.47. The smallest absolute Gasteiger partial charge is 0.255 e. The van der Waals surface area contributed by atoms with E-state index in [1.165, 1.54) is 5.56 Å². The molecule has 1 amide bonds. The van der Waals surface area contributed by atoms with Crippen molar-refractivity contribution in [3.8, 4) is 0 Å². The molecule has 1 aromatic heterocycles. The second kappa shape index (κ2) is 7.93. The summed E-state index contributed by atoms with van der Waals surface area (Å²) in [5, 5.41) is 3.33. The van der Waals surface area contributed by atoms with Crippen molar-refractivity contribution in [2.24, 2.45) is 0 Å². The SMILES string of the molecule is CCN1CCN(C(=O)c2cncc(NCc3ccccc3)c2)CC1. The number of rotatable bonds is 5. The maximum Gasteiger partial charge on any atom is 0.255 e. The quantitative estimate of drug-likeness (QED) is 0.918. The lowest BCUT2D eigenvalue weighted by Gasteiger charge is -2.34. The Morgan fingerprint density at radius 2 is 1.88 bits per heavy atom. The molecule has 1 aliphatic rings. The molecule has 24 heavy (non-hydrogen) atoms. The van der Waals surface area contributed by atoms with Crippen molar-refractivity contribution in [2.75, 3.05) is 38.0 Å². The van der Waals surface area contributed by atoms with Crippen LogP contribution in [0, 0.1) is 0 Å². The fraction of sp³-hybridized carbons (Fsp3) is 0.368. The van der Waals surface area contributed by atoms with Gasteiger partial charge in [0.15, 0.2) is 0 Å². The molecule has 1 N–H and O–H groups in total. The van der Waals surface area contributed by atoms with Crippen LogP contribution in [0.25, 0.3) is 0 Å². The summed E-state index contributed by atoms with van der Waals surface area (Å²) in [7, 11) is 0. The molecule has 0 saturated carbocycles. The molecule has 126 valence electrons. The van der Waals surface area contributed by atoms with E-state index in [4.69, 9.17) is 0 Å². The van der Waals surface area contributed by atoms with Gasteiger partial charge in [-0.2, -0.15) is 0 Å². The second-order valence-electron chi connectivity index (χ2n) is 6.03. The Morgan fingerprint density at radius 3 is 2.58 bits per heavy atom. The fourth-order valence-electron chi connectivity index (χ4n) is 2.90. The highest BCUT2D eigenvalue weighted by Crippen LogP contribution is 2.14. The normalized spacial score (nSPS) is 15.3. The Bertz CT molecular complexity index is 666. The zero-order valence-electron chi connectivity index (χ0n) is 14.1. The summed E-state index contributed by atoms with van der Waals surface area (Å²) in [4.78, 5) is 21.2. The van der Waals surface area contributed by atoms with Crippen molar-refractivity contribution in [3.05, 3.63) is 59.9 Å². The molecule has 2 aromatic rings. The molecular formula is C19H24N4O. The number of carbonyl (C=O) groups is 1. The molecule has 0 radical (unpaired) electrons. The van der Waals surface area contributed by atoms with E-state index < -0.39 is 0 Å². The first kappa shape index (κ1) is 16.5. The molecular weight excluding hydrogens is 300 g/mol. The molecule has 5 heteroatoms. The Kier molecular flexibility index (Phi) is 5.43. The van der Waals surface area contributed by atoms with E-state index >= 15 is 0 Å². The topological polar surface area (TPSA) is 48.5 Å². The van der Waals surface area contributed by atoms with Gasteiger partial charge in [-0.1, -0.05) is 37.3 Å². The van der Waals surface area contributed by atoms with Gasteiger partial charge in [-0.3, -0.25) is 9.78 Å². The molecule has 0 spiro atoms. The van der Waals surface area contributed by atoms with Crippen LogP contribution in [-0.2, 0) is 6.54 Å². The fourth-order valence-corrected chi connectivity index (χ4v) is 2.90. The minimum atomic E-state index is 0.0709. The van der Waals surface area contributed by atoms with Crippen molar-refractivity contribution < 1.29 is 4.79 Å². The summed E-state index contributed by atoms with van der Waals surface area (Å²) in [6, 6.07) is 12.1. The number of pyridine rings is 1. The highest BCUT2D eigenvalue weighted by molar-refractivity contribution is 5.94. The Hall–Kier alpha value is -2.40. The largest absolute Gasteiger partial charge is 0.380 e. The van der Waals surface area contributed by atoms with Crippen LogP contribution < -0.4 is 5.32 Å². The maximum atomic E-state index is 12.7. The predicted molar refractivity (Wildman–Crippen MR) is 96.0 cm³/mol. The molecule has 0 aliphatic carbocycles. The Labute approximate surface area is 143 Å². The molecule has 0 bridgehead atoms. The zero-order valence-corrected chi connectivity index (χ0v) is 14.1. The summed E-state index contributed by atoms with van der Waals surface area (Å²) < 4.78 is 0. The molecule has 5 nitrogen and oxygen atoms in total. The minimum Gasteiger partial charge on any atom is -0.380 e. The van der Waals surface area contributed by atoms with Gasteiger partial charge < -0.3 is 15.1 Å². The van der Waals surface area contributed by atoms with Crippen LogP contribution in [0.2, 0.25) is 0 Å². The van der Waals surface area contributed by atoms with Crippen molar-refractivity contribution in [1.82, 2.24) is 14.8 Å². The van der Waals surface area contributed by atoms with Crippen LogP contribution in [0.5, 0.6) is 0 Å². The van der Waals surface area contributed by atoms with Crippen molar-refractivity contribution in [2.45, 2.75) is 13.5 Å². The summed E-state index contributed by atoms with van der Waals surface area (Å²) in [5.74, 6) is 0.0709. The van der Waals surface area contributed by atoms with Crippen LogP contribution in [-0.4, -0.2) is 53.4 Å². The number of benzene rings is 1. The zero-order chi connectivity index (χ0) is 16.8. The van der Waals surface area contributed by atoms with E-state index in [2.05, 4.69) is 34.3 Å². The van der Waals surface area contributed by atoms with Crippen LogP contribution in [0.4, 0.5) is 5.69 Å². The third-order valence-corrected chi connectivity index (χ3v) is 4.43. The number of nitrogens with one attached hydrogen (secondary N) is 1. The highest BCUT2D eigenvalue weighted by atomic mass is 16.2. The van der Waals surface area contributed by atoms with Crippen LogP contribution >= 0.6 is 0 Å². The molecule has 1 aromatic carbocycles. The lowest BCUT2D eigenvalue weighted by Crippen LogP contribution is -2.48. The third-order valence-electron chi connectivity index (χ3n) is 4.43. The first-order valence-electron chi connectivity index (χ1n) is 8.50. The number of amides is 1. The molecule has 0 atom stereocenters. The number of likely N-dealkylation sites (N-methyl/N-ethyl adjacent to an activating group) is 1. The number of piperazine rings is 1. The van der Waals surface area contributed by atoms with Gasteiger partial charge in [0.1, 0.15) is 0 Å². The first-order valence-corrected chi connectivity index (χ1v) is 8.50. The van der Waals surface area contributed by atoms with Crippen LogP contribution in [0.15, 0.2) is 48.8 Å². The molecule has 1 fully saturated rings. The third kappa shape index (κ3) is 4.11. The number of hydrogen-bond donors (Lipinski definition) is 1. The van der Waals surface area contributed by atoms with Crippen molar-refractivity contribution >= 4 is 11.6 Å². The number of anilines is 1. The van der Waals surface area contributed by atoms with E-state index in [0.29, 0.717) is 5.56 Å². The van der Waals surface area contributed by atoms with Gasteiger partial charge in [0.25, 0.3) is 5.91 Å². The Morgan fingerprint density at radius 1 is 1.12 bits per heavy atom. The number of carbonyl (C=O) groups excluding carboxylic acids is 1. The molecule has 1 aliphatic heterocycles. The highest BCUT2D eigenvalue weighted by Gasteiger charge is 2.21. The molecule has 3 rings (SSSR count). The van der Waals surface area contributed by atoms with Gasteiger partial charge in [-0.25, -0.2) is 0 Å². The van der Waals surface area contributed by atoms with E-state index in [1.54, 1.807) is 12.4 Å². The number of nitrogens with zero attached hydrogens (tertiary/aromatic N) is 3. The summed E-state index contributed by atoms with van der Waals surface area (Å²) in [5.41, 5.74) is 2.72. The molecule has 0 unspecified atom stereocenters. The van der Waals surface area contributed by atoms with Gasteiger partial charge in [-0.15, -0.1) is 0 Å². The standard InChI is InChI=1S/C19H24N4O/c1-2-22-8-10-23(11-9-22)19(24)17-12-18(15-20-14-17)21-13-16-6-4-3-5-7-16/h3-7,12,14-15,21H,2,8-11,13H2,1H3. The second-order valence-corrected chi connectivity index (χ2v) is 6.03.